The van der Waals surface area contributed by atoms with Crippen molar-refractivity contribution in [2.24, 2.45) is 17.8 Å². The van der Waals surface area contributed by atoms with Gasteiger partial charge in [0.25, 0.3) is 5.91 Å². The molecule has 0 bridgehead atoms. The molecule has 3 aliphatic rings. The molecule has 11 heteroatoms. The summed E-state index contributed by atoms with van der Waals surface area (Å²) in [7, 11) is 0. The molecule has 41 heavy (non-hydrogen) atoms. The Balaban J connectivity index is 1.38. The van der Waals surface area contributed by atoms with Crippen molar-refractivity contribution >= 4 is 68.1 Å². The Morgan fingerprint density at radius 3 is 2.59 bits per heavy atom. The van der Waals surface area contributed by atoms with Crippen molar-refractivity contribution < 1.29 is 9.59 Å². The van der Waals surface area contributed by atoms with Crippen LogP contribution in [0.4, 0.5) is 10.5 Å². The van der Waals surface area contributed by atoms with Crippen LogP contribution in [-0.4, -0.2) is 34.9 Å². The van der Waals surface area contributed by atoms with Crippen molar-refractivity contribution in [3.05, 3.63) is 76.3 Å². The molecule has 1 saturated carbocycles. The van der Waals surface area contributed by atoms with Crippen LogP contribution < -0.4 is 15.6 Å². The summed E-state index contributed by atoms with van der Waals surface area (Å²) in [5.41, 5.74) is 4.78. The Bertz CT molecular complexity index is 1390. The summed E-state index contributed by atoms with van der Waals surface area (Å²) in [5, 5.41) is 3.74. The second-order valence-corrected chi connectivity index (χ2v) is 13.6. The molecule has 1 unspecified atom stereocenters. The molecule has 1 spiro atoms. The molecule has 3 amide bonds. The summed E-state index contributed by atoms with van der Waals surface area (Å²) >= 11 is 12.1. The number of nitrogens with zero attached hydrogens (tertiary/aromatic N) is 4. The summed E-state index contributed by atoms with van der Waals surface area (Å²) in [6, 6.07) is 12.6. The molecule has 2 fully saturated rings. The van der Waals surface area contributed by atoms with E-state index in [0.717, 1.165) is 44.1 Å². The van der Waals surface area contributed by atoms with Gasteiger partial charge in [-0.3, -0.25) is 15.0 Å². The van der Waals surface area contributed by atoms with Crippen molar-refractivity contribution in [1.29, 1.82) is 0 Å². The number of urea groups is 1. The van der Waals surface area contributed by atoms with E-state index in [1.54, 1.807) is 24.3 Å². The van der Waals surface area contributed by atoms with Crippen LogP contribution in [0, 0.1) is 11.3 Å². The predicted molar refractivity (Wildman–Crippen MR) is 174 cm³/mol. The van der Waals surface area contributed by atoms with Gasteiger partial charge in [0.1, 0.15) is 0 Å². The van der Waals surface area contributed by atoms with Crippen LogP contribution >= 0.6 is 44.5 Å². The average Bonchev–Trinajstić information content (AvgIpc) is 3.56. The number of guanidine groups is 1. The van der Waals surface area contributed by atoms with Gasteiger partial charge in [-0.05, 0) is 79.3 Å². The van der Waals surface area contributed by atoms with Crippen LogP contribution in [0.2, 0.25) is 10.0 Å². The molecule has 0 aromatic heterocycles. The summed E-state index contributed by atoms with van der Waals surface area (Å²) in [6.07, 6.45) is 8.08. The lowest BCUT2D eigenvalue weighted by atomic mass is 9.63. The van der Waals surface area contributed by atoms with Gasteiger partial charge in [-0.25, -0.2) is 10.2 Å². The summed E-state index contributed by atoms with van der Waals surface area (Å²) in [4.78, 5) is 30.6. The molecule has 2 aromatic carbocycles. The van der Waals surface area contributed by atoms with E-state index in [1.165, 1.54) is 0 Å². The van der Waals surface area contributed by atoms with E-state index < -0.39 is 21.3 Å². The minimum absolute atomic E-state index is 0.0591. The maximum Gasteiger partial charge on any atom is 0.325 e. The third kappa shape index (κ3) is 6.17. The zero-order valence-electron chi connectivity index (χ0n) is 23.3. The number of nitrogens with one attached hydrogen (secondary N) is 2. The van der Waals surface area contributed by atoms with E-state index in [9.17, 15) is 9.59 Å². The highest BCUT2D eigenvalue weighted by molar-refractivity contribution is 14.1. The molecule has 1 saturated heterocycles. The molecular formula is C30H35Cl2IN6O2. The second kappa shape index (κ2) is 12.4. The van der Waals surface area contributed by atoms with Crippen LogP contribution in [0.25, 0.3) is 0 Å². The van der Waals surface area contributed by atoms with Crippen molar-refractivity contribution in [3.8, 4) is 0 Å². The molecule has 2 heterocycles. The topological polar surface area (TPSA) is 89.4 Å². The average molecular weight is 709 g/mol. The highest BCUT2D eigenvalue weighted by atomic mass is 127. The van der Waals surface area contributed by atoms with Gasteiger partial charge in [-0.2, -0.15) is 3.21 Å². The maximum atomic E-state index is 14.1. The molecule has 2 aliphatic heterocycles. The minimum Gasteiger partial charge on any atom is -0.313 e. The number of anilines is 1. The fraction of sp³-hybridized carbons (Fsp3) is 0.433. The van der Waals surface area contributed by atoms with Gasteiger partial charge in [-0.1, -0.05) is 61.7 Å². The van der Waals surface area contributed by atoms with Crippen LogP contribution in [0.15, 0.2) is 61.6 Å². The molecule has 5 rings (SSSR count). The first kappa shape index (κ1) is 30.0. The maximum absolute atomic E-state index is 14.1. The van der Waals surface area contributed by atoms with Gasteiger partial charge in [0.2, 0.25) is 5.96 Å². The van der Waals surface area contributed by atoms with E-state index >= 15 is 0 Å². The van der Waals surface area contributed by atoms with Crippen molar-refractivity contribution in [1.82, 2.24) is 15.6 Å². The van der Waals surface area contributed by atoms with Crippen LogP contribution in [0.1, 0.15) is 68.3 Å². The monoisotopic (exact) mass is 708 g/mol. The number of carbonyl (C=O) groups is 2. The van der Waals surface area contributed by atoms with Crippen LogP contribution in [0.5, 0.6) is 0 Å². The molecule has 1 atom stereocenters. The number of carbonyl (C=O) groups excluding carboxylic acids is 2. The summed E-state index contributed by atoms with van der Waals surface area (Å²) in [6.45, 7) is 9.67. The lowest BCUT2D eigenvalue weighted by Gasteiger charge is -2.47. The number of rotatable bonds is 8. The third-order valence-corrected chi connectivity index (χ3v) is 10.8. The first-order valence-corrected chi connectivity index (χ1v) is 16.6. The lowest BCUT2D eigenvalue weighted by molar-refractivity contribution is 0.0489. The standard InChI is InChI=1S/C30H35Cl2IN6O2/c1-4-14-29(3,5-2)22-12-15-30(16-13-22)19-38(25-11-10-23(31)17-24(25)32)28(41)39(30)18-20-6-8-21(9-7-20)26(40)34-27-35-33-37-36-27/h4,6-11,17,22H,1,5,12-16,18-19H2,2-3H3,(H2,34,35,36,37,40). The van der Waals surface area contributed by atoms with Crippen LogP contribution in [-0.2, 0) is 6.54 Å². The Morgan fingerprint density at radius 2 is 1.98 bits per heavy atom. The van der Waals surface area contributed by atoms with Gasteiger partial charge in [0, 0.05) is 17.1 Å². The number of amides is 3. The smallest absolute Gasteiger partial charge is 0.313 e. The van der Waals surface area contributed by atoms with Gasteiger partial charge < -0.3 is 4.90 Å². The summed E-state index contributed by atoms with van der Waals surface area (Å²) < 4.78 is 8.15. The number of benzene rings is 2. The van der Waals surface area contributed by atoms with E-state index in [-0.39, 0.29) is 22.9 Å². The number of halogens is 3. The Kier molecular flexibility index (Phi) is 9.06. The molecule has 1 aliphatic carbocycles. The predicted octanol–water partition coefficient (Wildman–Crippen LogP) is 8.03. The van der Waals surface area contributed by atoms with Crippen molar-refractivity contribution in [2.45, 2.75) is 64.5 Å². The normalized spacial score (nSPS) is 23.6. The number of hydrogen-bond donors (Lipinski definition) is 2. The Morgan fingerprint density at radius 1 is 1.24 bits per heavy atom. The molecule has 8 nitrogen and oxygen atoms in total. The number of hydrogen-bond acceptors (Lipinski definition) is 5. The van der Waals surface area contributed by atoms with E-state index in [4.69, 9.17) is 23.2 Å². The highest BCUT2D eigenvalue weighted by Crippen LogP contribution is 2.50. The summed E-state index contributed by atoms with van der Waals surface area (Å²) in [5.74, 6) is 0.714. The van der Waals surface area contributed by atoms with E-state index in [2.05, 4.69) is 37.6 Å². The fourth-order valence-corrected chi connectivity index (χ4v) is 7.84. The van der Waals surface area contributed by atoms with Crippen molar-refractivity contribution in [3.63, 3.8) is 0 Å². The highest BCUT2D eigenvalue weighted by Gasteiger charge is 2.53. The van der Waals surface area contributed by atoms with E-state index in [1.807, 2.05) is 34.1 Å². The molecule has 2 aromatic rings. The minimum atomic E-state index is -0.640. The Labute approximate surface area is 262 Å². The molecule has 2 N–H and O–H groups in total. The second-order valence-electron chi connectivity index (χ2n) is 11.4. The van der Waals surface area contributed by atoms with Gasteiger partial charge in [0.05, 0.1) is 22.8 Å². The zero-order chi connectivity index (χ0) is 29.2. The van der Waals surface area contributed by atoms with Gasteiger partial charge >= 0.3 is 6.03 Å². The number of allylic oxidation sites excluding steroid dienone is 1. The lowest BCUT2D eigenvalue weighted by Crippen LogP contribution is -2.50. The third-order valence-electron chi connectivity index (χ3n) is 9.10. The molecule has 218 valence electrons. The first-order chi connectivity index (χ1) is 19.7. The van der Waals surface area contributed by atoms with Crippen LogP contribution in [0.3, 0.4) is 0 Å². The fourth-order valence-electron chi connectivity index (χ4n) is 6.44. The molecule has 0 radical (unpaired) electrons. The quantitative estimate of drug-likeness (QED) is 0.215. The largest absolute Gasteiger partial charge is 0.325 e. The Hall–Kier alpha value is -2.50. The van der Waals surface area contributed by atoms with E-state index in [0.29, 0.717) is 46.3 Å². The van der Waals surface area contributed by atoms with Gasteiger partial charge in [0.15, 0.2) is 21.3 Å². The zero-order valence-corrected chi connectivity index (χ0v) is 27.0. The molecular weight excluding hydrogens is 674 g/mol. The van der Waals surface area contributed by atoms with Gasteiger partial charge in [-0.15, -0.1) is 9.83 Å². The first-order valence-electron chi connectivity index (χ1n) is 13.9. The van der Waals surface area contributed by atoms with Crippen molar-refractivity contribution in [2.75, 3.05) is 11.4 Å². The SMILES string of the molecule is C=CCC(C)(CC)C1CCC2(CC1)CN(c1ccc(Cl)cc1Cl)C(=O)N2Cc1ccc(C(=O)NC2=NI=NN2)cc1.